The van der Waals surface area contributed by atoms with Gasteiger partial charge in [-0.3, -0.25) is 4.79 Å². The molecule has 5 heteroatoms. The van der Waals surface area contributed by atoms with E-state index in [0.717, 1.165) is 32.5 Å². The number of piperidine rings is 1. The van der Waals surface area contributed by atoms with Gasteiger partial charge in [0.2, 0.25) is 0 Å². The number of nitrogens with two attached hydrogens (primary N) is 1. The maximum Gasteiger partial charge on any atom is 0.255 e. The highest BCUT2D eigenvalue weighted by Crippen LogP contribution is 2.25. The molecule has 0 spiro atoms. The van der Waals surface area contributed by atoms with Crippen molar-refractivity contribution in [1.82, 2.24) is 9.80 Å². The number of para-hydroxylation sites is 1. The Labute approximate surface area is 125 Å². The van der Waals surface area contributed by atoms with E-state index in [2.05, 4.69) is 19.0 Å². The van der Waals surface area contributed by atoms with Gasteiger partial charge in [-0.1, -0.05) is 17.7 Å². The summed E-state index contributed by atoms with van der Waals surface area (Å²) in [5.74, 6) is 0.666. The van der Waals surface area contributed by atoms with Gasteiger partial charge in [0.05, 0.1) is 16.3 Å². The van der Waals surface area contributed by atoms with Gasteiger partial charge in [0, 0.05) is 19.6 Å². The van der Waals surface area contributed by atoms with E-state index >= 15 is 0 Å². The Morgan fingerprint density at radius 3 is 2.65 bits per heavy atom. The number of nitrogen functional groups attached to an aromatic ring is 1. The van der Waals surface area contributed by atoms with E-state index in [1.807, 2.05) is 4.90 Å². The van der Waals surface area contributed by atoms with Crippen molar-refractivity contribution in [2.24, 2.45) is 5.92 Å². The Balaban J connectivity index is 2.00. The first-order valence-corrected chi connectivity index (χ1v) is 7.35. The Hall–Kier alpha value is -1.26. The maximum absolute atomic E-state index is 12.5. The second-order valence-corrected chi connectivity index (χ2v) is 6.11. The van der Waals surface area contributed by atoms with Crippen molar-refractivity contribution >= 4 is 23.2 Å². The van der Waals surface area contributed by atoms with Crippen molar-refractivity contribution in [2.75, 3.05) is 39.5 Å². The minimum Gasteiger partial charge on any atom is -0.397 e. The minimum absolute atomic E-state index is 0.00620. The summed E-state index contributed by atoms with van der Waals surface area (Å²) in [6.45, 7) is 2.67. The third kappa shape index (κ3) is 3.44. The maximum atomic E-state index is 12.5. The summed E-state index contributed by atoms with van der Waals surface area (Å²) in [4.78, 5) is 16.6. The second kappa shape index (κ2) is 6.46. The fraction of sp³-hybridized carbons (Fsp3) is 0.533. The number of carbonyl (C=O) groups is 1. The van der Waals surface area contributed by atoms with Crippen molar-refractivity contribution in [3.8, 4) is 0 Å². The van der Waals surface area contributed by atoms with E-state index in [1.165, 1.54) is 0 Å². The van der Waals surface area contributed by atoms with Crippen LogP contribution in [-0.4, -0.2) is 49.4 Å². The van der Waals surface area contributed by atoms with Crippen LogP contribution in [0.25, 0.3) is 0 Å². The smallest absolute Gasteiger partial charge is 0.255 e. The average molecular weight is 296 g/mol. The van der Waals surface area contributed by atoms with Crippen LogP contribution < -0.4 is 5.73 Å². The number of rotatable bonds is 3. The quantitative estimate of drug-likeness (QED) is 0.871. The molecule has 1 aliphatic rings. The molecule has 2 rings (SSSR count). The summed E-state index contributed by atoms with van der Waals surface area (Å²) in [5, 5.41) is 0.443. The Morgan fingerprint density at radius 1 is 1.40 bits per heavy atom. The standard InChI is InChI=1S/C15H22ClN3O/c1-18(2)10-11-6-8-19(9-7-11)15(20)12-4-3-5-13(16)14(12)17/h3-5,11H,6-10,17H2,1-2H3. The van der Waals surface area contributed by atoms with Crippen LogP contribution >= 0.6 is 11.6 Å². The van der Waals surface area contributed by atoms with Gasteiger partial charge in [0.15, 0.2) is 0 Å². The third-order valence-electron chi connectivity index (χ3n) is 3.81. The van der Waals surface area contributed by atoms with Crippen LogP contribution in [0, 0.1) is 5.92 Å². The molecule has 0 atom stereocenters. The van der Waals surface area contributed by atoms with Gasteiger partial charge in [-0.15, -0.1) is 0 Å². The first-order valence-electron chi connectivity index (χ1n) is 6.97. The molecule has 4 nitrogen and oxygen atoms in total. The van der Waals surface area contributed by atoms with Crippen LogP contribution in [0.1, 0.15) is 23.2 Å². The predicted octanol–water partition coefficient (Wildman–Crippen LogP) is 2.34. The van der Waals surface area contributed by atoms with Crippen LogP contribution in [0.15, 0.2) is 18.2 Å². The lowest BCUT2D eigenvalue weighted by Crippen LogP contribution is -2.40. The Morgan fingerprint density at radius 2 is 2.05 bits per heavy atom. The van der Waals surface area contributed by atoms with E-state index in [9.17, 15) is 4.79 Å². The molecule has 0 unspecified atom stereocenters. The molecule has 0 aromatic heterocycles. The SMILES string of the molecule is CN(C)CC1CCN(C(=O)c2cccc(Cl)c2N)CC1. The van der Waals surface area contributed by atoms with Gasteiger partial charge in [0.25, 0.3) is 5.91 Å². The lowest BCUT2D eigenvalue weighted by Gasteiger charge is -2.33. The number of nitrogens with zero attached hydrogens (tertiary/aromatic N) is 2. The number of anilines is 1. The number of amides is 1. The lowest BCUT2D eigenvalue weighted by atomic mass is 9.96. The molecule has 1 heterocycles. The first-order chi connectivity index (χ1) is 9.49. The zero-order valence-electron chi connectivity index (χ0n) is 12.1. The highest BCUT2D eigenvalue weighted by Gasteiger charge is 2.25. The van der Waals surface area contributed by atoms with Crippen molar-refractivity contribution < 1.29 is 4.79 Å². The predicted molar refractivity (Wildman–Crippen MR) is 83.0 cm³/mol. The lowest BCUT2D eigenvalue weighted by molar-refractivity contribution is 0.0679. The van der Waals surface area contributed by atoms with Gasteiger partial charge in [-0.25, -0.2) is 0 Å². The number of benzene rings is 1. The normalized spacial score (nSPS) is 16.7. The van der Waals surface area contributed by atoms with E-state index in [-0.39, 0.29) is 5.91 Å². The molecule has 1 fully saturated rings. The summed E-state index contributed by atoms with van der Waals surface area (Å²) in [6, 6.07) is 5.22. The number of hydrogen-bond acceptors (Lipinski definition) is 3. The Bertz CT molecular complexity index is 482. The van der Waals surface area contributed by atoms with Crippen LogP contribution in [0.4, 0.5) is 5.69 Å². The molecule has 1 aromatic carbocycles. The zero-order chi connectivity index (χ0) is 14.7. The average Bonchev–Trinajstić information content (AvgIpc) is 2.41. The van der Waals surface area contributed by atoms with Crippen LogP contribution in [0.5, 0.6) is 0 Å². The summed E-state index contributed by atoms with van der Waals surface area (Å²) in [7, 11) is 4.17. The van der Waals surface area contributed by atoms with Crippen molar-refractivity contribution in [1.29, 1.82) is 0 Å². The highest BCUT2D eigenvalue weighted by atomic mass is 35.5. The number of halogens is 1. The van der Waals surface area contributed by atoms with Crippen LogP contribution in [0.2, 0.25) is 5.02 Å². The topological polar surface area (TPSA) is 49.6 Å². The van der Waals surface area contributed by atoms with Crippen molar-refractivity contribution in [2.45, 2.75) is 12.8 Å². The molecule has 0 saturated carbocycles. The fourth-order valence-corrected chi connectivity index (χ4v) is 2.90. The van der Waals surface area contributed by atoms with E-state index in [4.69, 9.17) is 17.3 Å². The molecule has 0 bridgehead atoms. The van der Waals surface area contributed by atoms with Gasteiger partial charge >= 0.3 is 0 Å². The fourth-order valence-electron chi connectivity index (χ4n) is 2.73. The third-order valence-corrected chi connectivity index (χ3v) is 4.14. The molecule has 1 amide bonds. The first kappa shape index (κ1) is 15.1. The second-order valence-electron chi connectivity index (χ2n) is 5.70. The highest BCUT2D eigenvalue weighted by molar-refractivity contribution is 6.33. The molecule has 0 radical (unpaired) electrons. The van der Waals surface area contributed by atoms with E-state index in [0.29, 0.717) is 22.2 Å². The Kier molecular flexibility index (Phi) is 4.89. The van der Waals surface area contributed by atoms with Crippen LogP contribution in [0.3, 0.4) is 0 Å². The van der Waals surface area contributed by atoms with E-state index < -0.39 is 0 Å². The molecule has 1 aromatic rings. The van der Waals surface area contributed by atoms with Crippen molar-refractivity contribution in [3.63, 3.8) is 0 Å². The van der Waals surface area contributed by atoms with Gasteiger partial charge in [-0.2, -0.15) is 0 Å². The van der Waals surface area contributed by atoms with Crippen LogP contribution in [-0.2, 0) is 0 Å². The summed E-state index contributed by atoms with van der Waals surface area (Å²) < 4.78 is 0. The number of carbonyl (C=O) groups excluding carboxylic acids is 1. The van der Waals surface area contributed by atoms with Gasteiger partial charge < -0.3 is 15.5 Å². The molecular weight excluding hydrogens is 274 g/mol. The number of likely N-dealkylation sites (tertiary alicyclic amines) is 1. The van der Waals surface area contributed by atoms with Gasteiger partial charge in [0.1, 0.15) is 0 Å². The molecule has 20 heavy (non-hydrogen) atoms. The largest absolute Gasteiger partial charge is 0.397 e. The molecule has 0 aliphatic carbocycles. The molecule has 2 N–H and O–H groups in total. The zero-order valence-corrected chi connectivity index (χ0v) is 12.9. The van der Waals surface area contributed by atoms with E-state index in [1.54, 1.807) is 18.2 Å². The molecule has 1 aliphatic heterocycles. The molecular formula is C15H22ClN3O. The van der Waals surface area contributed by atoms with Gasteiger partial charge in [-0.05, 0) is 45.0 Å². The molecule has 110 valence electrons. The summed E-state index contributed by atoms with van der Waals surface area (Å²) >= 11 is 5.98. The molecule has 1 saturated heterocycles. The minimum atomic E-state index is -0.00620. The summed E-state index contributed by atoms with van der Waals surface area (Å²) in [6.07, 6.45) is 2.09. The summed E-state index contributed by atoms with van der Waals surface area (Å²) in [5.41, 5.74) is 6.80. The monoisotopic (exact) mass is 295 g/mol. The van der Waals surface area contributed by atoms with Crippen molar-refractivity contribution in [3.05, 3.63) is 28.8 Å². The number of hydrogen-bond donors (Lipinski definition) is 1.